The number of rotatable bonds is 6. The van der Waals surface area contributed by atoms with E-state index in [0.717, 1.165) is 25.0 Å². The number of amides is 2. The van der Waals surface area contributed by atoms with Crippen molar-refractivity contribution < 1.29 is 14.3 Å². The Morgan fingerprint density at radius 1 is 1.48 bits per heavy atom. The van der Waals surface area contributed by atoms with Gasteiger partial charge in [0.1, 0.15) is 0 Å². The third-order valence-electron chi connectivity index (χ3n) is 3.12. The molecule has 1 saturated heterocycles. The Kier molecular flexibility index (Phi) is 5.80. The Bertz CT molecular complexity index is 442. The van der Waals surface area contributed by atoms with Gasteiger partial charge in [-0.05, 0) is 32.3 Å². The van der Waals surface area contributed by atoms with Crippen LogP contribution >= 0.6 is 0 Å². The second-order valence-electron chi connectivity index (χ2n) is 5.37. The Hall–Kier alpha value is -1.82. The molecule has 2 amide bonds. The Balaban J connectivity index is 1.68. The van der Waals surface area contributed by atoms with Crippen LogP contribution < -0.4 is 15.4 Å². The van der Waals surface area contributed by atoms with E-state index in [1.807, 2.05) is 19.9 Å². The Labute approximate surface area is 125 Å². The summed E-state index contributed by atoms with van der Waals surface area (Å²) >= 11 is 0. The molecule has 0 spiro atoms. The number of aromatic nitrogens is 1. The summed E-state index contributed by atoms with van der Waals surface area (Å²) in [5.74, 6) is 0.594. The maximum absolute atomic E-state index is 11.7. The summed E-state index contributed by atoms with van der Waals surface area (Å²) in [7, 11) is 0. The van der Waals surface area contributed by atoms with Crippen LogP contribution in [0.25, 0.3) is 0 Å². The zero-order valence-corrected chi connectivity index (χ0v) is 12.6. The molecule has 6 nitrogen and oxygen atoms in total. The molecule has 1 aliphatic rings. The summed E-state index contributed by atoms with van der Waals surface area (Å²) in [5.41, 5.74) is 0.929. The Morgan fingerprint density at radius 3 is 2.95 bits per heavy atom. The summed E-state index contributed by atoms with van der Waals surface area (Å²) in [6.45, 7) is 5.70. The number of nitrogens with zero attached hydrogens (tertiary/aromatic N) is 1. The van der Waals surface area contributed by atoms with Gasteiger partial charge < -0.3 is 20.1 Å². The van der Waals surface area contributed by atoms with E-state index >= 15 is 0 Å². The number of pyridine rings is 1. The van der Waals surface area contributed by atoms with Crippen molar-refractivity contribution in [3.63, 3.8) is 0 Å². The topological polar surface area (TPSA) is 72.5 Å². The molecule has 1 aliphatic heterocycles. The lowest BCUT2D eigenvalue weighted by molar-refractivity contribution is 0.111. The molecule has 116 valence electrons. The number of hydrogen-bond donors (Lipinski definition) is 2. The molecule has 1 aromatic rings. The van der Waals surface area contributed by atoms with E-state index in [1.54, 1.807) is 12.3 Å². The normalized spacial score (nSPS) is 17.8. The minimum absolute atomic E-state index is 0.102. The number of carbonyl (C=O) groups is 1. The van der Waals surface area contributed by atoms with Gasteiger partial charge in [0, 0.05) is 32.0 Å². The minimum Gasteiger partial charge on any atom is -0.475 e. The number of hydrogen-bond acceptors (Lipinski definition) is 4. The summed E-state index contributed by atoms with van der Waals surface area (Å²) in [5, 5.41) is 5.61. The van der Waals surface area contributed by atoms with Crippen molar-refractivity contribution in [1.29, 1.82) is 0 Å². The highest BCUT2D eigenvalue weighted by Crippen LogP contribution is 2.11. The number of ether oxygens (including phenoxy) is 2. The van der Waals surface area contributed by atoms with Gasteiger partial charge >= 0.3 is 6.03 Å². The molecule has 0 aromatic carbocycles. The molecule has 2 rings (SSSR count). The van der Waals surface area contributed by atoms with E-state index in [1.165, 1.54) is 0 Å². The van der Waals surface area contributed by atoms with Gasteiger partial charge in [-0.15, -0.1) is 0 Å². The molecule has 1 atom stereocenters. The quantitative estimate of drug-likeness (QED) is 0.839. The molecule has 0 saturated carbocycles. The first-order valence-electron chi connectivity index (χ1n) is 7.38. The van der Waals surface area contributed by atoms with Crippen LogP contribution in [0.2, 0.25) is 0 Å². The van der Waals surface area contributed by atoms with Crippen molar-refractivity contribution in [3.8, 4) is 5.88 Å². The fourth-order valence-electron chi connectivity index (χ4n) is 2.08. The highest BCUT2D eigenvalue weighted by Gasteiger charge is 2.15. The smallest absolute Gasteiger partial charge is 0.315 e. The maximum atomic E-state index is 11.7. The molecule has 1 fully saturated rings. The van der Waals surface area contributed by atoms with Crippen LogP contribution in [0.1, 0.15) is 32.3 Å². The molecule has 0 unspecified atom stereocenters. The lowest BCUT2D eigenvalue weighted by Gasteiger charge is -2.12. The van der Waals surface area contributed by atoms with E-state index in [-0.39, 0.29) is 18.2 Å². The molecule has 1 aromatic heterocycles. The SMILES string of the molecule is CC(C)Oc1ccc(CNC(=O)NC[C@@H]2CCCO2)cn1. The van der Waals surface area contributed by atoms with Crippen molar-refractivity contribution in [2.45, 2.75) is 45.4 Å². The summed E-state index contributed by atoms with van der Waals surface area (Å²) in [6, 6.07) is 3.51. The summed E-state index contributed by atoms with van der Waals surface area (Å²) < 4.78 is 10.9. The van der Waals surface area contributed by atoms with Gasteiger partial charge in [-0.3, -0.25) is 0 Å². The molecule has 0 aliphatic carbocycles. The molecular formula is C15H23N3O3. The Morgan fingerprint density at radius 2 is 2.33 bits per heavy atom. The van der Waals surface area contributed by atoms with Crippen LogP contribution in [0.5, 0.6) is 5.88 Å². The van der Waals surface area contributed by atoms with Crippen molar-refractivity contribution in [2.24, 2.45) is 0 Å². The molecule has 0 bridgehead atoms. The first kappa shape index (κ1) is 15.6. The van der Waals surface area contributed by atoms with Crippen LogP contribution in [-0.2, 0) is 11.3 Å². The number of carbonyl (C=O) groups excluding carboxylic acids is 1. The van der Waals surface area contributed by atoms with E-state index in [9.17, 15) is 4.79 Å². The van der Waals surface area contributed by atoms with Crippen molar-refractivity contribution in [3.05, 3.63) is 23.9 Å². The van der Waals surface area contributed by atoms with E-state index in [4.69, 9.17) is 9.47 Å². The van der Waals surface area contributed by atoms with Gasteiger partial charge in [0.15, 0.2) is 0 Å². The van der Waals surface area contributed by atoms with Gasteiger partial charge in [-0.2, -0.15) is 0 Å². The second kappa shape index (κ2) is 7.83. The van der Waals surface area contributed by atoms with E-state index in [2.05, 4.69) is 15.6 Å². The standard InChI is InChI=1S/C15H23N3O3/c1-11(2)21-14-6-5-12(8-16-14)9-17-15(19)18-10-13-4-3-7-20-13/h5-6,8,11,13H,3-4,7,9-10H2,1-2H3,(H2,17,18,19)/t13-/m0/s1. The van der Waals surface area contributed by atoms with Crippen molar-refractivity contribution in [1.82, 2.24) is 15.6 Å². The number of nitrogens with one attached hydrogen (secondary N) is 2. The zero-order valence-electron chi connectivity index (χ0n) is 12.6. The lowest BCUT2D eigenvalue weighted by Crippen LogP contribution is -2.39. The zero-order chi connectivity index (χ0) is 15.1. The molecule has 6 heteroatoms. The van der Waals surface area contributed by atoms with Gasteiger partial charge in [-0.25, -0.2) is 9.78 Å². The van der Waals surface area contributed by atoms with Crippen LogP contribution in [-0.4, -0.2) is 36.4 Å². The monoisotopic (exact) mass is 293 g/mol. The lowest BCUT2D eigenvalue weighted by atomic mass is 10.2. The summed E-state index contributed by atoms with van der Waals surface area (Å²) in [4.78, 5) is 15.9. The van der Waals surface area contributed by atoms with Gasteiger partial charge in [-0.1, -0.05) is 6.07 Å². The molecular weight excluding hydrogens is 270 g/mol. The predicted octanol–water partition coefficient (Wildman–Crippen LogP) is 1.85. The minimum atomic E-state index is -0.187. The van der Waals surface area contributed by atoms with E-state index in [0.29, 0.717) is 19.0 Å². The van der Waals surface area contributed by atoms with Crippen LogP contribution in [0.4, 0.5) is 4.79 Å². The molecule has 2 N–H and O–H groups in total. The number of urea groups is 1. The van der Waals surface area contributed by atoms with Gasteiger partial charge in [0.2, 0.25) is 5.88 Å². The van der Waals surface area contributed by atoms with Gasteiger partial charge in [0.05, 0.1) is 12.2 Å². The molecule has 0 radical (unpaired) electrons. The molecule has 2 heterocycles. The average molecular weight is 293 g/mol. The summed E-state index contributed by atoms with van der Waals surface area (Å²) in [6.07, 6.45) is 4.05. The first-order valence-corrected chi connectivity index (χ1v) is 7.38. The third kappa shape index (κ3) is 5.59. The van der Waals surface area contributed by atoms with Crippen LogP contribution in [0.15, 0.2) is 18.3 Å². The molecule has 21 heavy (non-hydrogen) atoms. The fraction of sp³-hybridized carbons (Fsp3) is 0.600. The highest BCUT2D eigenvalue weighted by atomic mass is 16.5. The predicted molar refractivity (Wildman–Crippen MR) is 79.2 cm³/mol. The third-order valence-corrected chi connectivity index (χ3v) is 3.12. The largest absolute Gasteiger partial charge is 0.475 e. The van der Waals surface area contributed by atoms with Crippen molar-refractivity contribution >= 4 is 6.03 Å². The fourth-order valence-corrected chi connectivity index (χ4v) is 2.08. The van der Waals surface area contributed by atoms with Crippen LogP contribution in [0, 0.1) is 0 Å². The van der Waals surface area contributed by atoms with E-state index < -0.39 is 0 Å². The average Bonchev–Trinajstić information content (AvgIpc) is 2.97. The van der Waals surface area contributed by atoms with Crippen LogP contribution in [0.3, 0.4) is 0 Å². The highest BCUT2D eigenvalue weighted by molar-refractivity contribution is 5.73. The second-order valence-corrected chi connectivity index (χ2v) is 5.37. The maximum Gasteiger partial charge on any atom is 0.315 e. The first-order chi connectivity index (χ1) is 10.1. The van der Waals surface area contributed by atoms with Crippen molar-refractivity contribution in [2.75, 3.05) is 13.2 Å². The van der Waals surface area contributed by atoms with Gasteiger partial charge in [0.25, 0.3) is 0 Å².